The number of thioether (sulfide) groups is 1. The number of hydrogen-bond acceptors (Lipinski definition) is 7. The van der Waals surface area contributed by atoms with Gasteiger partial charge in [-0.3, -0.25) is 29.9 Å². The Hall–Kier alpha value is -3.57. The number of nitro benzene ring substituents is 1. The first kappa shape index (κ1) is 19.7. The number of hydrazine groups is 1. The summed E-state index contributed by atoms with van der Waals surface area (Å²) in [6.07, 6.45) is 1.51. The van der Waals surface area contributed by atoms with Gasteiger partial charge in [0.2, 0.25) is 5.91 Å². The Morgan fingerprint density at radius 1 is 1.23 bits per heavy atom. The van der Waals surface area contributed by atoms with E-state index in [0.29, 0.717) is 5.69 Å². The summed E-state index contributed by atoms with van der Waals surface area (Å²) in [5.74, 6) is -2.22. The van der Waals surface area contributed by atoms with E-state index in [0.717, 1.165) is 28.4 Å². The van der Waals surface area contributed by atoms with E-state index in [1.54, 1.807) is 24.3 Å². The Kier molecular flexibility index (Phi) is 5.06. The highest BCUT2D eigenvalue weighted by Crippen LogP contribution is 2.38. The number of thiocarbonyl (C=S) groups is 1. The Labute approximate surface area is 179 Å². The number of nitrogens with one attached hydrogen (secondary N) is 2. The minimum absolute atomic E-state index is 0.00586. The van der Waals surface area contributed by atoms with Gasteiger partial charge in [0.15, 0.2) is 4.32 Å². The quantitative estimate of drug-likeness (QED) is 0.324. The van der Waals surface area contributed by atoms with E-state index in [1.165, 1.54) is 24.3 Å². The van der Waals surface area contributed by atoms with E-state index in [2.05, 4.69) is 10.7 Å². The van der Waals surface area contributed by atoms with Crippen LogP contribution >= 0.6 is 24.0 Å². The summed E-state index contributed by atoms with van der Waals surface area (Å²) in [7, 11) is 0. The summed E-state index contributed by atoms with van der Waals surface area (Å²) in [4.78, 5) is 48.0. The molecule has 9 nitrogen and oxygen atoms in total. The van der Waals surface area contributed by atoms with E-state index in [9.17, 15) is 24.5 Å². The average Bonchev–Trinajstić information content (AvgIpc) is 3.19. The number of fused-ring (bicyclic) bond motifs is 1. The molecule has 3 amide bonds. The fraction of sp³-hybridized carbons (Fsp3) is 0.0526. The van der Waals surface area contributed by atoms with Crippen molar-refractivity contribution in [3.8, 4) is 0 Å². The number of rotatable bonds is 4. The molecule has 2 aromatic carbocycles. The summed E-state index contributed by atoms with van der Waals surface area (Å²) in [6.45, 7) is 0. The lowest BCUT2D eigenvalue weighted by Crippen LogP contribution is -2.44. The van der Waals surface area contributed by atoms with Crippen LogP contribution in [0, 0.1) is 10.1 Å². The predicted molar refractivity (Wildman–Crippen MR) is 113 cm³/mol. The van der Waals surface area contributed by atoms with Gasteiger partial charge in [-0.2, -0.15) is 5.01 Å². The number of hydrogen-bond donors (Lipinski definition) is 2. The number of non-ortho nitro benzene ring substituents is 1. The molecule has 1 saturated heterocycles. The number of para-hydroxylation sites is 1. The zero-order valence-corrected chi connectivity index (χ0v) is 16.7. The number of carbonyl (C=O) groups is 3. The van der Waals surface area contributed by atoms with Gasteiger partial charge >= 0.3 is 0 Å². The molecular formula is C19H12N4O5S2. The maximum atomic E-state index is 12.8. The molecule has 2 N–H and O–H groups in total. The van der Waals surface area contributed by atoms with Gasteiger partial charge < -0.3 is 5.32 Å². The molecule has 2 aliphatic heterocycles. The molecule has 4 rings (SSSR count). The Bertz CT molecular complexity index is 1160. The average molecular weight is 440 g/mol. The summed E-state index contributed by atoms with van der Waals surface area (Å²) in [6, 6.07) is 12.3. The Morgan fingerprint density at radius 2 is 2.00 bits per heavy atom. The maximum absolute atomic E-state index is 12.8. The van der Waals surface area contributed by atoms with Gasteiger partial charge in [0, 0.05) is 23.4 Å². The van der Waals surface area contributed by atoms with Crippen LogP contribution in [-0.4, -0.2) is 32.0 Å². The molecule has 150 valence electrons. The van der Waals surface area contributed by atoms with E-state index < -0.39 is 22.7 Å². The van der Waals surface area contributed by atoms with Crippen molar-refractivity contribution in [3.63, 3.8) is 0 Å². The molecule has 0 saturated carbocycles. The lowest BCUT2D eigenvalue weighted by atomic mass is 10.0. The van der Waals surface area contributed by atoms with E-state index >= 15 is 0 Å². The molecule has 1 atom stereocenters. The van der Waals surface area contributed by atoms with Crippen LogP contribution in [0.2, 0.25) is 0 Å². The second-order valence-electron chi connectivity index (χ2n) is 6.34. The van der Waals surface area contributed by atoms with Gasteiger partial charge in [-0.1, -0.05) is 36.0 Å². The second-order valence-corrected chi connectivity index (χ2v) is 8.02. The maximum Gasteiger partial charge on any atom is 0.284 e. The first-order valence-electron chi connectivity index (χ1n) is 8.58. The predicted octanol–water partition coefficient (Wildman–Crippen LogP) is 2.72. The van der Waals surface area contributed by atoms with Crippen molar-refractivity contribution in [3.05, 3.63) is 80.8 Å². The lowest BCUT2D eigenvalue weighted by molar-refractivity contribution is -0.384. The molecule has 0 aliphatic carbocycles. The summed E-state index contributed by atoms with van der Waals surface area (Å²) in [5, 5.41) is 14.5. The number of nitro groups is 1. The van der Waals surface area contributed by atoms with E-state index in [1.807, 2.05) is 0 Å². The van der Waals surface area contributed by atoms with Crippen LogP contribution in [0.1, 0.15) is 21.8 Å². The van der Waals surface area contributed by atoms with Crippen molar-refractivity contribution in [2.24, 2.45) is 0 Å². The molecule has 2 heterocycles. The normalized spacial score (nSPS) is 19.1. The molecule has 0 spiro atoms. The highest BCUT2D eigenvalue weighted by Gasteiger charge is 2.37. The van der Waals surface area contributed by atoms with Crippen LogP contribution in [0.25, 0.3) is 0 Å². The van der Waals surface area contributed by atoms with E-state index in [4.69, 9.17) is 12.2 Å². The smallest absolute Gasteiger partial charge is 0.284 e. The Balaban J connectivity index is 1.54. The van der Waals surface area contributed by atoms with Crippen LogP contribution in [0.3, 0.4) is 0 Å². The molecule has 1 unspecified atom stereocenters. The van der Waals surface area contributed by atoms with Gasteiger partial charge in [0.1, 0.15) is 0 Å². The SMILES string of the molecule is O=C(NN1C(=O)/C(=C\C2C(=O)Nc3ccccc32)SC1=S)c1cccc([N+](=O)[O-])c1. The van der Waals surface area contributed by atoms with Crippen molar-refractivity contribution >= 4 is 57.4 Å². The third-order valence-corrected chi connectivity index (χ3v) is 5.80. The van der Waals surface area contributed by atoms with E-state index in [-0.39, 0.29) is 26.4 Å². The molecule has 0 bridgehead atoms. The van der Waals surface area contributed by atoms with Crippen molar-refractivity contribution in [2.45, 2.75) is 5.92 Å². The largest absolute Gasteiger partial charge is 0.325 e. The van der Waals surface area contributed by atoms with Crippen molar-refractivity contribution in [1.29, 1.82) is 0 Å². The highest BCUT2D eigenvalue weighted by molar-refractivity contribution is 8.26. The number of nitrogens with zero attached hydrogens (tertiary/aromatic N) is 2. The van der Waals surface area contributed by atoms with Crippen LogP contribution in [0.15, 0.2) is 59.5 Å². The lowest BCUT2D eigenvalue weighted by Gasteiger charge is -2.15. The van der Waals surface area contributed by atoms with Gasteiger partial charge in [-0.15, -0.1) is 0 Å². The monoisotopic (exact) mass is 440 g/mol. The van der Waals surface area contributed by atoms with Crippen LogP contribution in [-0.2, 0) is 9.59 Å². The zero-order valence-electron chi connectivity index (χ0n) is 15.0. The molecule has 11 heteroatoms. The number of anilines is 1. The molecule has 2 aliphatic rings. The minimum atomic E-state index is -0.722. The third kappa shape index (κ3) is 3.55. The first-order chi connectivity index (χ1) is 14.3. The molecule has 2 aromatic rings. The molecule has 30 heavy (non-hydrogen) atoms. The summed E-state index contributed by atoms with van der Waals surface area (Å²) < 4.78 is 0.0803. The number of benzene rings is 2. The van der Waals surface area contributed by atoms with Gasteiger partial charge in [-0.05, 0) is 36.0 Å². The van der Waals surface area contributed by atoms with Crippen molar-refractivity contribution < 1.29 is 19.3 Å². The Morgan fingerprint density at radius 3 is 2.77 bits per heavy atom. The standard InChI is InChI=1S/C19H12N4O5S2/c24-16(10-4-3-5-11(8-10)23(27)28)21-22-18(26)15(30-19(22)29)9-13-12-6-1-2-7-14(12)20-17(13)25/h1-9,13H,(H,20,25)(H,21,24)/b15-9+. The zero-order chi connectivity index (χ0) is 21.4. The topological polar surface area (TPSA) is 122 Å². The summed E-state index contributed by atoms with van der Waals surface area (Å²) in [5.41, 5.74) is 3.54. The van der Waals surface area contributed by atoms with Crippen LogP contribution in [0.4, 0.5) is 11.4 Å². The minimum Gasteiger partial charge on any atom is -0.325 e. The van der Waals surface area contributed by atoms with Crippen molar-refractivity contribution in [1.82, 2.24) is 10.4 Å². The second kappa shape index (κ2) is 7.69. The summed E-state index contributed by atoms with van der Waals surface area (Å²) >= 11 is 6.14. The van der Waals surface area contributed by atoms with Crippen molar-refractivity contribution in [2.75, 3.05) is 5.32 Å². The van der Waals surface area contributed by atoms with Gasteiger partial charge in [0.25, 0.3) is 17.5 Å². The fourth-order valence-electron chi connectivity index (χ4n) is 3.06. The van der Waals surface area contributed by atoms with Gasteiger partial charge in [-0.25, -0.2) is 0 Å². The first-order valence-corrected chi connectivity index (χ1v) is 9.81. The molecular weight excluding hydrogens is 428 g/mol. The van der Waals surface area contributed by atoms with Crippen LogP contribution < -0.4 is 10.7 Å². The third-order valence-electron chi connectivity index (χ3n) is 4.48. The number of carbonyl (C=O) groups excluding carboxylic acids is 3. The number of amides is 3. The molecule has 1 fully saturated rings. The highest BCUT2D eigenvalue weighted by atomic mass is 32.2. The molecule has 0 aromatic heterocycles. The molecule has 0 radical (unpaired) electrons. The van der Waals surface area contributed by atoms with Gasteiger partial charge in [0.05, 0.1) is 15.7 Å². The van der Waals surface area contributed by atoms with Crippen LogP contribution in [0.5, 0.6) is 0 Å². The fourth-order valence-corrected chi connectivity index (χ4v) is 4.24.